The number of anilines is 2. The molecule has 1 aromatic heterocycles. The van der Waals surface area contributed by atoms with Crippen LogP contribution < -0.4 is 10.6 Å². The van der Waals surface area contributed by atoms with E-state index in [2.05, 4.69) is 27.5 Å². The zero-order valence-electron chi connectivity index (χ0n) is 13.1. The van der Waals surface area contributed by atoms with Crippen LogP contribution in [0, 0.1) is 17.5 Å². The molecule has 24 heavy (non-hydrogen) atoms. The van der Waals surface area contributed by atoms with E-state index in [1.165, 1.54) is 12.4 Å². The van der Waals surface area contributed by atoms with Gasteiger partial charge in [-0.3, -0.25) is 4.79 Å². The minimum Gasteiger partial charge on any atom is -0.354 e. The number of carbonyl (C=O) groups is 1. The molecule has 0 aliphatic carbocycles. The normalized spacial score (nSPS) is 10.5. The Kier molecular flexibility index (Phi) is 6.11. The molecule has 5 nitrogen and oxygen atoms in total. The number of aromatic nitrogens is 2. The van der Waals surface area contributed by atoms with Crippen molar-refractivity contribution in [2.75, 3.05) is 17.2 Å². The van der Waals surface area contributed by atoms with Gasteiger partial charge in [0, 0.05) is 18.9 Å². The second-order valence-corrected chi connectivity index (χ2v) is 5.11. The molecular weight excluding hydrogens is 321 g/mol. The van der Waals surface area contributed by atoms with Crippen molar-refractivity contribution in [1.29, 1.82) is 0 Å². The lowest BCUT2D eigenvalue weighted by Gasteiger charge is -2.08. The quantitative estimate of drug-likeness (QED) is 0.596. The van der Waals surface area contributed by atoms with Crippen molar-refractivity contribution >= 4 is 17.5 Å². The monoisotopic (exact) mass is 338 g/mol. The summed E-state index contributed by atoms with van der Waals surface area (Å²) < 4.78 is 39.5. The van der Waals surface area contributed by atoms with Crippen molar-refractivity contribution in [2.45, 2.75) is 26.2 Å². The van der Waals surface area contributed by atoms with Crippen LogP contribution in [0.4, 0.5) is 24.8 Å². The Morgan fingerprint density at radius 1 is 1.08 bits per heavy atom. The SMILES string of the molecule is CCCCCNc1ncc(C(=O)Nc2ccc(F)c(F)c2F)cn1. The Bertz CT molecular complexity index is 707. The Hall–Kier alpha value is -2.64. The summed E-state index contributed by atoms with van der Waals surface area (Å²) in [6, 6.07) is 1.67. The number of carbonyl (C=O) groups excluding carboxylic acids is 1. The predicted molar refractivity (Wildman–Crippen MR) is 84.3 cm³/mol. The van der Waals surface area contributed by atoms with Gasteiger partial charge in [0.1, 0.15) is 0 Å². The number of benzene rings is 1. The third-order valence-electron chi connectivity index (χ3n) is 3.26. The van der Waals surface area contributed by atoms with E-state index in [1.54, 1.807) is 0 Å². The Morgan fingerprint density at radius 2 is 1.79 bits per heavy atom. The van der Waals surface area contributed by atoms with E-state index >= 15 is 0 Å². The van der Waals surface area contributed by atoms with Gasteiger partial charge < -0.3 is 10.6 Å². The van der Waals surface area contributed by atoms with Crippen LogP contribution in [-0.2, 0) is 0 Å². The fourth-order valence-electron chi connectivity index (χ4n) is 1.93. The maximum atomic E-state index is 13.5. The molecule has 0 saturated heterocycles. The van der Waals surface area contributed by atoms with Gasteiger partial charge in [0.05, 0.1) is 11.3 Å². The first-order valence-electron chi connectivity index (χ1n) is 7.53. The summed E-state index contributed by atoms with van der Waals surface area (Å²) in [5.74, 6) is -4.78. The lowest BCUT2D eigenvalue weighted by atomic mass is 10.2. The van der Waals surface area contributed by atoms with Crippen molar-refractivity contribution in [3.63, 3.8) is 0 Å². The molecular formula is C16H17F3N4O. The van der Waals surface area contributed by atoms with Crippen LogP contribution >= 0.6 is 0 Å². The maximum absolute atomic E-state index is 13.5. The van der Waals surface area contributed by atoms with Crippen molar-refractivity contribution < 1.29 is 18.0 Å². The van der Waals surface area contributed by atoms with Crippen molar-refractivity contribution in [3.8, 4) is 0 Å². The first-order chi connectivity index (χ1) is 11.5. The summed E-state index contributed by atoms with van der Waals surface area (Å²) in [5, 5.41) is 5.17. The Balaban J connectivity index is 1.99. The minimum atomic E-state index is -1.64. The minimum absolute atomic E-state index is 0.0678. The van der Waals surface area contributed by atoms with E-state index in [9.17, 15) is 18.0 Å². The van der Waals surface area contributed by atoms with Gasteiger partial charge in [0.25, 0.3) is 5.91 Å². The molecule has 0 saturated carbocycles. The molecule has 0 aliphatic rings. The van der Waals surface area contributed by atoms with E-state index in [0.717, 1.165) is 37.9 Å². The third kappa shape index (κ3) is 4.43. The van der Waals surface area contributed by atoms with Gasteiger partial charge >= 0.3 is 0 Å². The van der Waals surface area contributed by atoms with Gasteiger partial charge in [-0.1, -0.05) is 19.8 Å². The Labute approximate surface area is 137 Å². The van der Waals surface area contributed by atoms with Gasteiger partial charge in [-0.25, -0.2) is 23.1 Å². The summed E-state index contributed by atoms with van der Waals surface area (Å²) in [6.45, 7) is 2.82. The molecule has 1 amide bonds. The van der Waals surface area contributed by atoms with E-state index in [0.29, 0.717) is 5.95 Å². The van der Waals surface area contributed by atoms with E-state index < -0.39 is 29.0 Å². The van der Waals surface area contributed by atoms with Crippen LogP contribution in [0.3, 0.4) is 0 Å². The number of hydrogen-bond acceptors (Lipinski definition) is 4. The second-order valence-electron chi connectivity index (χ2n) is 5.11. The third-order valence-corrected chi connectivity index (χ3v) is 3.26. The molecule has 8 heteroatoms. The number of nitrogens with zero attached hydrogens (tertiary/aromatic N) is 2. The summed E-state index contributed by atoms with van der Waals surface area (Å²) >= 11 is 0. The van der Waals surface area contributed by atoms with E-state index in [4.69, 9.17) is 0 Å². The largest absolute Gasteiger partial charge is 0.354 e. The second kappa shape index (κ2) is 8.28. The van der Waals surface area contributed by atoms with Crippen molar-refractivity contribution in [2.24, 2.45) is 0 Å². The predicted octanol–water partition coefficient (Wildman–Crippen LogP) is 3.75. The van der Waals surface area contributed by atoms with Crippen LogP contribution in [0.5, 0.6) is 0 Å². The molecule has 1 aromatic carbocycles. The maximum Gasteiger partial charge on any atom is 0.258 e. The van der Waals surface area contributed by atoms with Gasteiger partial charge in [0.15, 0.2) is 17.5 Å². The van der Waals surface area contributed by atoms with Crippen LogP contribution in [0.1, 0.15) is 36.5 Å². The number of rotatable bonds is 7. The van der Waals surface area contributed by atoms with Gasteiger partial charge in [0.2, 0.25) is 5.95 Å². The molecule has 2 rings (SSSR count). The topological polar surface area (TPSA) is 66.9 Å². The average molecular weight is 338 g/mol. The lowest BCUT2D eigenvalue weighted by molar-refractivity contribution is 0.102. The molecule has 2 aromatic rings. The van der Waals surface area contributed by atoms with Crippen LogP contribution in [0.15, 0.2) is 24.5 Å². The highest BCUT2D eigenvalue weighted by Crippen LogP contribution is 2.20. The van der Waals surface area contributed by atoms with Crippen LogP contribution in [0.2, 0.25) is 0 Å². The molecule has 2 N–H and O–H groups in total. The lowest BCUT2D eigenvalue weighted by Crippen LogP contribution is -2.15. The zero-order chi connectivity index (χ0) is 17.5. The van der Waals surface area contributed by atoms with Gasteiger partial charge in [-0.15, -0.1) is 0 Å². The highest BCUT2D eigenvalue weighted by atomic mass is 19.2. The standard InChI is InChI=1S/C16H17F3N4O/c1-2-3-4-7-20-16-21-8-10(9-22-16)15(24)23-12-6-5-11(17)13(18)14(12)19/h5-6,8-9H,2-4,7H2,1H3,(H,23,24)(H,20,21,22). The molecule has 0 fully saturated rings. The number of amides is 1. The highest BCUT2D eigenvalue weighted by Gasteiger charge is 2.16. The Morgan fingerprint density at radius 3 is 2.46 bits per heavy atom. The fraction of sp³-hybridized carbons (Fsp3) is 0.312. The van der Waals surface area contributed by atoms with E-state index in [1.807, 2.05) is 0 Å². The van der Waals surface area contributed by atoms with Crippen molar-refractivity contribution in [1.82, 2.24) is 9.97 Å². The molecule has 128 valence electrons. The zero-order valence-corrected chi connectivity index (χ0v) is 13.1. The highest BCUT2D eigenvalue weighted by molar-refractivity contribution is 6.03. The summed E-state index contributed by atoms with van der Waals surface area (Å²) in [4.78, 5) is 19.9. The fourth-order valence-corrected chi connectivity index (χ4v) is 1.93. The number of nitrogens with one attached hydrogen (secondary N) is 2. The van der Waals surface area contributed by atoms with Gasteiger partial charge in [-0.05, 0) is 18.6 Å². The summed E-state index contributed by atoms with van der Waals surface area (Å²) in [7, 11) is 0. The smallest absolute Gasteiger partial charge is 0.258 e. The molecule has 1 heterocycles. The molecule has 0 bridgehead atoms. The number of hydrogen-bond donors (Lipinski definition) is 2. The first kappa shape index (κ1) is 17.7. The average Bonchev–Trinajstić information content (AvgIpc) is 2.59. The first-order valence-corrected chi connectivity index (χ1v) is 7.53. The molecule has 0 spiro atoms. The number of halogens is 3. The number of unbranched alkanes of at least 4 members (excludes halogenated alkanes) is 2. The van der Waals surface area contributed by atoms with Crippen LogP contribution in [-0.4, -0.2) is 22.4 Å². The molecule has 0 atom stereocenters. The summed E-state index contributed by atoms with van der Waals surface area (Å²) in [5.41, 5.74) is -0.390. The van der Waals surface area contributed by atoms with E-state index in [-0.39, 0.29) is 5.56 Å². The van der Waals surface area contributed by atoms with Crippen LogP contribution in [0.25, 0.3) is 0 Å². The molecule has 0 aliphatic heterocycles. The molecule has 0 unspecified atom stereocenters. The van der Waals surface area contributed by atoms with Gasteiger partial charge in [-0.2, -0.15) is 0 Å². The summed E-state index contributed by atoms with van der Waals surface area (Å²) in [6.07, 6.45) is 5.71. The van der Waals surface area contributed by atoms with Crippen molar-refractivity contribution in [3.05, 3.63) is 47.5 Å². The molecule has 0 radical (unpaired) electrons.